The van der Waals surface area contributed by atoms with Gasteiger partial charge in [-0.3, -0.25) is 14.4 Å². The zero-order chi connectivity index (χ0) is 34.1. The summed E-state index contributed by atoms with van der Waals surface area (Å²) in [6.45, 7) is 3.73. The summed E-state index contributed by atoms with van der Waals surface area (Å²) in [5, 5.41) is 37.9. The highest BCUT2D eigenvalue weighted by Gasteiger charge is 2.31. The molecule has 0 spiro atoms. The number of carboxylic acid groups (broad SMARTS) is 1. The van der Waals surface area contributed by atoms with Crippen LogP contribution in [-0.2, 0) is 38.4 Å². The number of para-hydroxylation sites is 1. The van der Waals surface area contributed by atoms with E-state index in [1.54, 1.807) is 30.5 Å². The number of aliphatic carboxylic acids is 1. The maximum atomic E-state index is 13.9. The van der Waals surface area contributed by atoms with Crippen LogP contribution in [0.4, 0.5) is 0 Å². The van der Waals surface area contributed by atoms with Crippen LogP contribution in [0.3, 0.4) is 0 Å². The number of aromatic nitrogens is 1. The number of aromatic hydroxyl groups is 2. The maximum absolute atomic E-state index is 13.9. The van der Waals surface area contributed by atoms with Crippen LogP contribution in [0.25, 0.3) is 10.9 Å². The second-order valence-electron chi connectivity index (χ2n) is 12.1. The van der Waals surface area contributed by atoms with Gasteiger partial charge in [0.2, 0.25) is 17.7 Å². The average molecular weight is 644 g/mol. The smallest absolute Gasteiger partial charge is 0.326 e. The van der Waals surface area contributed by atoms with E-state index in [1.807, 2.05) is 38.1 Å². The molecule has 0 saturated carbocycles. The minimum absolute atomic E-state index is 0.0277. The molecule has 4 rings (SSSR count). The van der Waals surface area contributed by atoms with E-state index in [9.17, 15) is 34.5 Å². The molecule has 9 N–H and O–H groups in total. The fraction of sp³-hybridized carbons (Fsp3) is 0.314. The van der Waals surface area contributed by atoms with Gasteiger partial charge in [0.05, 0.1) is 6.04 Å². The normalized spacial score (nSPS) is 13.8. The van der Waals surface area contributed by atoms with Crippen LogP contribution in [0, 0.1) is 5.92 Å². The summed E-state index contributed by atoms with van der Waals surface area (Å²) in [7, 11) is 0. The molecule has 3 aromatic carbocycles. The first-order chi connectivity index (χ1) is 22.4. The first-order valence-electron chi connectivity index (χ1n) is 15.4. The van der Waals surface area contributed by atoms with Gasteiger partial charge in [-0.05, 0) is 65.8 Å². The minimum atomic E-state index is -1.29. The number of phenols is 2. The Morgan fingerprint density at radius 3 is 1.83 bits per heavy atom. The van der Waals surface area contributed by atoms with Crippen LogP contribution in [0.2, 0.25) is 0 Å². The molecule has 0 saturated heterocycles. The van der Waals surface area contributed by atoms with Gasteiger partial charge in [0.25, 0.3) is 0 Å². The van der Waals surface area contributed by atoms with E-state index in [0.717, 1.165) is 22.0 Å². The number of carbonyl (C=O) groups is 4. The van der Waals surface area contributed by atoms with Gasteiger partial charge in [-0.1, -0.05) is 56.3 Å². The Kier molecular flexibility index (Phi) is 11.6. The van der Waals surface area contributed by atoms with E-state index >= 15 is 0 Å². The largest absolute Gasteiger partial charge is 0.508 e. The van der Waals surface area contributed by atoms with Crippen molar-refractivity contribution in [2.45, 2.75) is 63.7 Å². The minimum Gasteiger partial charge on any atom is -0.508 e. The molecule has 0 aliphatic heterocycles. The summed E-state index contributed by atoms with van der Waals surface area (Å²) in [5.41, 5.74) is 9.14. The van der Waals surface area contributed by atoms with Crippen molar-refractivity contribution in [3.8, 4) is 11.5 Å². The Bertz CT molecular complexity index is 1680. The quantitative estimate of drug-likeness (QED) is 0.0963. The molecule has 0 fully saturated rings. The molecular weight excluding hydrogens is 602 g/mol. The Balaban J connectivity index is 1.53. The average Bonchev–Trinajstić information content (AvgIpc) is 3.44. The third-order valence-corrected chi connectivity index (χ3v) is 7.79. The highest BCUT2D eigenvalue weighted by atomic mass is 16.4. The lowest BCUT2D eigenvalue weighted by Crippen LogP contribution is -2.58. The predicted molar refractivity (Wildman–Crippen MR) is 176 cm³/mol. The molecule has 47 heavy (non-hydrogen) atoms. The monoisotopic (exact) mass is 643 g/mol. The predicted octanol–water partition coefficient (Wildman–Crippen LogP) is 2.52. The number of phenolic OH excluding ortho intramolecular Hbond substituents is 2. The third kappa shape index (κ3) is 9.81. The molecule has 4 aromatic rings. The lowest BCUT2D eigenvalue weighted by atomic mass is 9.99. The number of fused-ring (bicyclic) bond motifs is 1. The topological polar surface area (TPSA) is 207 Å². The highest BCUT2D eigenvalue weighted by Crippen LogP contribution is 2.20. The van der Waals surface area contributed by atoms with Gasteiger partial charge in [-0.15, -0.1) is 0 Å². The molecule has 1 aromatic heterocycles. The molecule has 0 aliphatic carbocycles. The van der Waals surface area contributed by atoms with Gasteiger partial charge >= 0.3 is 5.97 Å². The second kappa shape index (κ2) is 15.8. The van der Waals surface area contributed by atoms with Crippen molar-refractivity contribution in [2.75, 3.05) is 0 Å². The van der Waals surface area contributed by atoms with Crippen molar-refractivity contribution in [1.82, 2.24) is 20.9 Å². The van der Waals surface area contributed by atoms with Crippen molar-refractivity contribution < 1.29 is 34.5 Å². The molecular formula is C35H41N5O7. The molecule has 12 heteroatoms. The van der Waals surface area contributed by atoms with E-state index in [4.69, 9.17) is 5.73 Å². The number of hydrogen-bond acceptors (Lipinski definition) is 7. The van der Waals surface area contributed by atoms with Crippen LogP contribution in [0.1, 0.15) is 37.0 Å². The van der Waals surface area contributed by atoms with Crippen molar-refractivity contribution in [2.24, 2.45) is 11.7 Å². The van der Waals surface area contributed by atoms with Gasteiger partial charge in [0.15, 0.2) is 0 Å². The van der Waals surface area contributed by atoms with Crippen LogP contribution in [0.5, 0.6) is 11.5 Å². The van der Waals surface area contributed by atoms with Gasteiger partial charge in [0, 0.05) is 29.9 Å². The van der Waals surface area contributed by atoms with Crippen LogP contribution in [0.15, 0.2) is 79.0 Å². The zero-order valence-corrected chi connectivity index (χ0v) is 26.3. The number of amides is 3. The van der Waals surface area contributed by atoms with Crippen molar-refractivity contribution in [3.63, 3.8) is 0 Å². The number of carbonyl (C=O) groups excluding carboxylic acids is 3. The summed E-state index contributed by atoms with van der Waals surface area (Å²) in [6, 6.07) is 15.3. The third-order valence-electron chi connectivity index (χ3n) is 7.79. The number of H-pyrrole nitrogens is 1. The Hall–Kier alpha value is -5.36. The lowest BCUT2D eigenvalue weighted by molar-refractivity contribution is -0.142. The molecule has 0 bridgehead atoms. The van der Waals surface area contributed by atoms with Crippen molar-refractivity contribution >= 4 is 34.6 Å². The van der Waals surface area contributed by atoms with Crippen molar-refractivity contribution in [1.29, 1.82) is 0 Å². The summed E-state index contributed by atoms with van der Waals surface area (Å²) < 4.78 is 0. The van der Waals surface area contributed by atoms with E-state index in [1.165, 1.54) is 24.3 Å². The number of aromatic amines is 1. The molecule has 248 valence electrons. The van der Waals surface area contributed by atoms with Gasteiger partial charge in [-0.2, -0.15) is 0 Å². The molecule has 4 atom stereocenters. The molecule has 0 radical (unpaired) electrons. The molecule has 0 aliphatic rings. The number of carboxylic acids is 1. The Labute approximate surface area is 272 Å². The fourth-order valence-corrected chi connectivity index (χ4v) is 5.30. The van der Waals surface area contributed by atoms with Crippen LogP contribution in [-0.4, -0.2) is 68.2 Å². The number of nitrogens with one attached hydrogen (secondary N) is 4. The first kappa shape index (κ1) is 34.5. The second-order valence-corrected chi connectivity index (χ2v) is 12.1. The number of rotatable bonds is 15. The van der Waals surface area contributed by atoms with Gasteiger partial charge in [-0.25, -0.2) is 4.79 Å². The zero-order valence-electron chi connectivity index (χ0n) is 26.3. The molecule has 3 amide bonds. The van der Waals surface area contributed by atoms with E-state index < -0.39 is 47.9 Å². The SMILES string of the molecule is CC(C)CC(NC(=O)C(Cc1c[nH]c2ccccc12)NC(=O)C(N)Cc1ccc(O)cc1)C(=O)NC(Cc1ccc(O)cc1)C(=O)O. The van der Waals surface area contributed by atoms with Gasteiger partial charge < -0.3 is 42.0 Å². The van der Waals surface area contributed by atoms with Crippen LogP contribution < -0.4 is 21.7 Å². The summed E-state index contributed by atoms with van der Waals surface area (Å²) in [5.74, 6) is -3.09. The Morgan fingerprint density at radius 2 is 1.23 bits per heavy atom. The highest BCUT2D eigenvalue weighted by molar-refractivity contribution is 5.95. The number of benzene rings is 3. The van der Waals surface area contributed by atoms with E-state index in [2.05, 4.69) is 20.9 Å². The van der Waals surface area contributed by atoms with E-state index in [0.29, 0.717) is 5.56 Å². The lowest BCUT2D eigenvalue weighted by Gasteiger charge is -2.26. The van der Waals surface area contributed by atoms with Gasteiger partial charge in [0.1, 0.15) is 29.6 Å². The Morgan fingerprint density at radius 1 is 0.702 bits per heavy atom. The summed E-state index contributed by atoms with van der Waals surface area (Å²) >= 11 is 0. The fourth-order valence-electron chi connectivity index (χ4n) is 5.30. The molecule has 1 heterocycles. The molecule has 12 nitrogen and oxygen atoms in total. The summed E-state index contributed by atoms with van der Waals surface area (Å²) in [6.07, 6.45) is 2.16. The standard InChI is InChI=1S/C35H41N5O7/c1-20(2)15-29(33(44)40-31(35(46)47)17-22-9-13-25(42)14-10-22)39-34(45)30(18-23-19-37-28-6-4-3-5-26(23)28)38-32(43)27(36)16-21-7-11-24(41)12-8-21/h3-14,19-20,27,29-31,37,41-42H,15-18,36H2,1-2H3,(H,38,43)(H,39,45)(H,40,44)(H,46,47). The number of nitrogens with two attached hydrogens (primary N) is 1. The van der Waals surface area contributed by atoms with E-state index in [-0.39, 0.29) is 43.1 Å². The number of hydrogen-bond donors (Lipinski definition) is 8. The van der Waals surface area contributed by atoms with Crippen molar-refractivity contribution in [3.05, 3.63) is 95.7 Å². The molecule has 4 unspecified atom stereocenters. The summed E-state index contributed by atoms with van der Waals surface area (Å²) in [4.78, 5) is 55.9. The first-order valence-corrected chi connectivity index (χ1v) is 15.4. The van der Waals surface area contributed by atoms with Crippen LogP contribution >= 0.6 is 0 Å². The maximum Gasteiger partial charge on any atom is 0.326 e.